The Bertz CT molecular complexity index is 789. The predicted molar refractivity (Wildman–Crippen MR) is 95.5 cm³/mol. The van der Waals surface area contributed by atoms with Gasteiger partial charge in [0.15, 0.2) is 5.69 Å². The number of anilines is 1. The largest absolute Gasteiger partial charge is 0.461 e. The van der Waals surface area contributed by atoms with Crippen molar-refractivity contribution >= 4 is 17.7 Å². The zero-order valence-corrected chi connectivity index (χ0v) is 14.8. The minimum absolute atomic E-state index is 0.0335. The fraction of sp³-hybridized carbons (Fsp3) is 0.389. The number of aromatic nitrogens is 2. The molecule has 0 bridgehead atoms. The number of hydrogen-bond acceptors (Lipinski definition) is 5. The van der Waals surface area contributed by atoms with Crippen LogP contribution in [0.2, 0.25) is 0 Å². The Kier molecular flexibility index (Phi) is 5.52. The van der Waals surface area contributed by atoms with E-state index in [2.05, 4.69) is 10.4 Å². The number of nitrogens with zero attached hydrogens (tertiary/aromatic N) is 3. The molecule has 2 heterocycles. The lowest BCUT2D eigenvalue weighted by molar-refractivity contribution is -0.00138. The van der Waals surface area contributed by atoms with Crippen LogP contribution in [0, 0.1) is 0 Å². The highest BCUT2D eigenvalue weighted by Gasteiger charge is 2.21. The van der Waals surface area contributed by atoms with Crippen molar-refractivity contribution in [1.82, 2.24) is 14.7 Å². The molecule has 3 rings (SSSR count). The van der Waals surface area contributed by atoms with E-state index >= 15 is 0 Å². The van der Waals surface area contributed by atoms with Crippen molar-refractivity contribution in [3.8, 4) is 5.69 Å². The summed E-state index contributed by atoms with van der Waals surface area (Å²) in [6.07, 6.45) is 1.71. The number of rotatable bonds is 4. The van der Waals surface area contributed by atoms with E-state index in [1.54, 1.807) is 40.9 Å². The van der Waals surface area contributed by atoms with E-state index in [0.717, 1.165) is 5.69 Å². The summed E-state index contributed by atoms with van der Waals surface area (Å²) in [6.45, 7) is 5.66. The molecule has 8 heteroatoms. The van der Waals surface area contributed by atoms with Crippen molar-refractivity contribution < 1.29 is 19.1 Å². The molecule has 0 spiro atoms. The maximum atomic E-state index is 12.4. The van der Waals surface area contributed by atoms with Crippen molar-refractivity contribution in [2.75, 3.05) is 31.6 Å². The van der Waals surface area contributed by atoms with Crippen molar-refractivity contribution in [2.45, 2.75) is 20.0 Å². The normalized spacial score (nSPS) is 17.0. The monoisotopic (exact) mass is 358 g/mol. The van der Waals surface area contributed by atoms with Crippen LogP contribution in [0.4, 0.5) is 10.5 Å². The summed E-state index contributed by atoms with van der Waals surface area (Å²) in [5, 5.41) is 7.11. The van der Waals surface area contributed by atoms with Gasteiger partial charge in [0.1, 0.15) is 0 Å². The van der Waals surface area contributed by atoms with Crippen molar-refractivity contribution in [2.24, 2.45) is 0 Å². The molecular formula is C18H22N4O4. The third-order valence-corrected chi connectivity index (χ3v) is 3.96. The Balaban J connectivity index is 1.70. The molecule has 0 aliphatic carbocycles. The summed E-state index contributed by atoms with van der Waals surface area (Å²) >= 11 is 0. The number of amides is 2. The third kappa shape index (κ3) is 4.20. The SMILES string of the molecule is CCOC(=O)c1ccn(-c2cccc(NC(=O)N3CCOC(C)C3)c2)n1. The van der Waals surface area contributed by atoms with Gasteiger partial charge in [-0.2, -0.15) is 5.10 Å². The lowest BCUT2D eigenvalue weighted by Gasteiger charge is -2.31. The summed E-state index contributed by atoms with van der Waals surface area (Å²) in [5.74, 6) is -0.461. The second kappa shape index (κ2) is 8.01. The molecule has 2 aromatic rings. The van der Waals surface area contributed by atoms with Crippen LogP contribution in [0.25, 0.3) is 5.69 Å². The molecule has 138 valence electrons. The van der Waals surface area contributed by atoms with Crippen LogP contribution in [-0.2, 0) is 9.47 Å². The second-order valence-corrected chi connectivity index (χ2v) is 5.97. The van der Waals surface area contributed by atoms with Crippen LogP contribution in [0.3, 0.4) is 0 Å². The fourth-order valence-corrected chi connectivity index (χ4v) is 2.71. The molecule has 1 fully saturated rings. The summed E-state index contributed by atoms with van der Waals surface area (Å²) in [6, 6.07) is 8.70. The van der Waals surface area contributed by atoms with Gasteiger partial charge in [-0.05, 0) is 38.1 Å². The molecule has 1 N–H and O–H groups in total. The van der Waals surface area contributed by atoms with E-state index in [-0.39, 0.29) is 17.8 Å². The molecule has 26 heavy (non-hydrogen) atoms. The summed E-state index contributed by atoms with van der Waals surface area (Å²) in [7, 11) is 0. The Hall–Kier alpha value is -2.87. The Morgan fingerprint density at radius 3 is 3.00 bits per heavy atom. The van der Waals surface area contributed by atoms with Crippen LogP contribution in [0.5, 0.6) is 0 Å². The van der Waals surface area contributed by atoms with Gasteiger partial charge in [0, 0.05) is 25.0 Å². The van der Waals surface area contributed by atoms with Gasteiger partial charge in [-0.1, -0.05) is 6.07 Å². The molecule has 1 saturated heterocycles. The third-order valence-electron chi connectivity index (χ3n) is 3.96. The fourth-order valence-electron chi connectivity index (χ4n) is 2.71. The molecule has 1 aliphatic heterocycles. The van der Waals surface area contributed by atoms with E-state index in [0.29, 0.717) is 32.0 Å². The number of hydrogen-bond donors (Lipinski definition) is 1. The number of esters is 1. The lowest BCUT2D eigenvalue weighted by atomic mass is 10.2. The van der Waals surface area contributed by atoms with Gasteiger partial charge in [-0.25, -0.2) is 14.3 Å². The summed E-state index contributed by atoms with van der Waals surface area (Å²) in [5.41, 5.74) is 1.62. The molecule has 2 amide bonds. The minimum atomic E-state index is -0.461. The molecule has 0 saturated carbocycles. The highest BCUT2D eigenvalue weighted by molar-refractivity contribution is 5.90. The van der Waals surface area contributed by atoms with E-state index in [4.69, 9.17) is 9.47 Å². The number of nitrogens with one attached hydrogen (secondary N) is 1. The van der Waals surface area contributed by atoms with Gasteiger partial charge in [-0.3, -0.25) is 0 Å². The standard InChI is InChI=1S/C18H22N4O4/c1-3-25-17(23)16-7-8-22(20-16)15-6-4-5-14(11-15)19-18(24)21-9-10-26-13(2)12-21/h4-8,11,13H,3,9-10,12H2,1-2H3,(H,19,24). The maximum Gasteiger partial charge on any atom is 0.358 e. The van der Waals surface area contributed by atoms with Crippen LogP contribution < -0.4 is 5.32 Å². The van der Waals surface area contributed by atoms with Crippen LogP contribution in [0.1, 0.15) is 24.3 Å². The van der Waals surface area contributed by atoms with Crippen LogP contribution in [-0.4, -0.2) is 59.1 Å². The number of carbonyl (C=O) groups is 2. The average Bonchev–Trinajstić information content (AvgIpc) is 3.12. The molecule has 1 aliphatic rings. The maximum absolute atomic E-state index is 12.4. The molecule has 0 radical (unpaired) electrons. The van der Waals surface area contributed by atoms with Crippen LogP contribution >= 0.6 is 0 Å². The summed E-state index contributed by atoms with van der Waals surface area (Å²) < 4.78 is 12.0. The Morgan fingerprint density at radius 2 is 2.23 bits per heavy atom. The average molecular weight is 358 g/mol. The first-order valence-electron chi connectivity index (χ1n) is 8.57. The molecular weight excluding hydrogens is 336 g/mol. The van der Waals surface area contributed by atoms with Gasteiger partial charge >= 0.3 is 12.0 Å². The van der Waals surface area contributed by atoms with E-state index < -0.39 is 5.97 Å². The highest BCUT2D eigenvalue weighted by Crippen LogP contribution is 2.16. The van der Waals surface area contributed by atoms with Gasteiger partial charge in [0.05, 0.1) is 25.0 Å². The van der Waals surface area contributed by atoms with E-state index in [1.165, 1.54) is 0 Å². The number of urea groups is 1. The van der Waals surface area contributed by atoms with Crippen molar-refractivity contribution in [1.29, 1.82) is 0 Å². The van der Waals surface area contributed by atoms with Crippen molar-refractivity contribution in [3.05, 3.63) is 42.2 Å². The predicted octanol–water partition coefficient (Wildman–Crippen LogP) is 2.30. The first kappa shape index (κ1) is 17.9. The van der Waals surface area contributed by atoms with E-state index in [1.807, 2.05) is 19.1 Å². The quantitative estimate of drug-likeness (QED) is 0.848. The molecule has 1 atom stereocenters. The summed E-state index contributed by atoms with van der Waals surface area (Å²) in [4.78, 5) is 25.9. The number of morpholine rings is 1. The Morgan fingerprint density at radius 1 is 1.38 bits per heavy atom. The minimum Gasteiger partial charge on any atom is -0.461 e. The smallest absolute Gasteiger partial charge is 0.358 e. The lowest BCUT2D eigenvalue weighted by Crippen LogP contribution is -2.46. The molecule has 8 nitrogen and oxygen atoms in total. The van der Waals surface area contributed by atoms with Gasteiger partial charge in [0.25, 0.3) is 0 Å². The van der Waals surface area contributed by atoms with E-state index in [9.17, 15) is 9.59 Å². The topological polar surface area (TPSA) is 85.7 Å². The zero-order valence-electron chi connectivity index (χ0n) is 14.8. The number of ether oxygens (including phenoxy) is 2. The number of carbonyl (C=O) groups excluding carboxylic acids is 2. The van der Waals surface area contributed by atoms with Crippen LogP contribution in [0.15, 0.2) is 36.5 Å². The highest BCUT2D eigenvalue weighted by atomic mass is 16.5. The second-order valence-electron chi connectivity index (χ2n) is 5.97. The molecule has 1 aromatic carbocycles. The van der Waals surface area contributed by atoms with Gasteiger partial charge < -0.3 is 19.7 Å². The van der Waals surface area contributed by atoms with Gasteiger partial charge in [-0.15, -0.1) is 0 Å². The Labute approximate surface area is 151 Å². The van der Waals surface area contributed by atoms with Gasteiger partial charge in [0.2, 0.25) is 0 Å². The first-order valence-corrected chi connectivity index (χ1v) is 8.57. The zero-order chi connectivity index (χ0) is 18.5. The van der Waals surface area contributed by atoms with Crippen molar-refractivity contribution in [3.63, 3.8) is 0 Å². The molecule has 1 aromatic heterocycles. The first-order chi connectivity index (χ1) is 12.6. The number of benzene rings is 1. The molecule has 1 unspecified atom stereocenters.